The van der Waals surface area contributed by atoms with Gasteiger partial charge in [-0.1, -0.05) is 199 Å². The van der Waals surface area contributed by atoms with Crippen molar-refractivity contribution in [2.45, 2.75) is 220 Å². The van der Waals surface area contributed by atoms with Gasteiger partial charge in [-0.2, -0.15) is 11.0 Å². The van der Waals surface area contributed by atoms with Crippen LogP contribution in [0.5, 0.6) is 0 Å². The molecule has 0 saturated carbocycles. The van der Waals surface area contributed by atoms with E-state index < -0.39 is 49.3 Å². The average Bonchev–Trinajstić information content (AvgIpc) is 1.58. The number of hydrogen-bond donors (Lipinski definition) is 7. The summed E-state index contributed by atoms with van der Waals surface area (Å²) < 4.78 is 27.5. The van der Waals surface area contributed by atoms with Gasteiger partial charge >= 0.3 is 5.97 Å². The van der Waals surface area contributed by atoms with Crippen LogP contribution in [0.4, 0.5) is 0 Å². The molecule has 7 aromatic heterocycles. The Morgan fingerprint density at radius 2 is 1.04 bits per heavy atom. The number of nitrogens with zero attached hydrogens (tertiary/aromatic N) is 9. The van der Waals surface area contributed by atoms with E-state index in [0.717, 1.165) is 65.7 Å². The van der Waals surface area contributed by atoms with Gasteiger partial charge in [0.15, 0.2) is 10.8 Å². The van der Waals surface area contributed by atoms with Crippen LogP contribution in [0, 0.1) is 17.8 Å². The van der Waals surface area contributed by atoms with Gasteiger partial charge in [0.1, 0.15) is 29.5 Å². The molecule has 5 aromatic carbocycles. The summed E-state index contributed by atoms with van der Waals surface area (Å²) in [5.41, 5.74) is 2.59. The number of hydrogen-bond acceptors (Lipinski definition) is 20. The molecule has 0 aliphatic carbocycles. The van der Waals surface area contributed by atoms with Crippen molar-refractivity contribution < 1.29 is 27.6 Å². The van der Waals surface area contributed by atoms with Crippen LogP contribution in [0.1, 0.15) is 189 Å². The third-order valence-electron chi connectivity index (χ3n) is 12.9. The first-order valence-electron chi connectivity index (χ1n) is 35.7. The Kier molecular flexibility index (Phi) is 37.7. The Bertz CT molecular complexity index is 4990. The van der Waals surface area contributed by atoms with Crippen molar-refractivity contribution in [3.63, 3.8) is 0 Å². The summed E-state index contributed by atoms with van der Waals surface area (Å²) in [6.07, 6.45) is 8.63. The first kappa shape index (κ1) is 96.0. The number of H-pyrrole nitrogens is 5. The van der Waals surface area contributed by atoms with Crippen LogP contribution in [0.25, 0.3) is 54.8 Å². The number of nitrogens with one attached hydrogen (secondary N) is 6. The van der Waals surface area contributed by atoms with Crippen LogP contribution >= 0.6 is 46.7 Å². The van der Waals surface area contributed by atoms with Crippen molar-refractivity contribution in [3.05, 3.63) is 198 Å². The summed E-state index contributed by atoms with van der Waals surface area (Å²) in [6, 6.07) is 31.1. The molecule has 31 heteroatoms. The fourth-order valence-corrected chi connectivity index (χ4v) is 12.6. The molecule has 0 bridgehead atoms. The van der Waals surface area contributed by atoms with Gasteiger partial charge in [0, 0.05) is 39.0 Å². The monoisotopic (exact) mass is 1620 g/mol. The number of para-hydroxylation sites is 2. The van der Waals surface area contributed by atoms with Crippen molar-refractivity contribution in [2.24, 2.45) is 23.7 Å². The number of carbonyl (C=O) groups excluding carboxylic acids is 3. The summed E-state index contributed by atoms with van der Waals surface area (Å²) >= 11 is 15.3. The number of halogens is 2. The number of sulfonamides is 1. The number of thioether (sulfide) groups is 2. The summed E-state index contributed by atoms with van der Waals surface area (Å²) in [6.45, 7) is 48.7. The highest BCUT2D eigenvalue weighted by Gasteiger charge is 2.37. The van der Waals surface area contributed by atoms with E-state index in [2.05, 4.69) is 179 Å². The normalized spacial score (nSPS) is 12.1. The van der Waals surface area contributed by atoms with E-state index in [4.69, 9.17) is 23.2 Å². The molecule has 1 aliphatic rings. The lowest BCUT2D eigenvalue weighted by atomic mass is 10.1. The van der Waals surface area contributed by atoms with Crippen LogP contribution in [-0.4, -0.2) is 116 Å². The summed E-state index contributed by atoms with van der Waals surface area (Å²) in [7, 11) is -3.37. The number of aromatic amines is 5. The average molecular weight is 1620 g/mol. The molecule has 0 atom stereocenters. The van der Waals surface area contributed by atoms with Gasteiger partial charge in [0.05, 0.1) is 76.8 Å². The van der Waals surface area contributed by atoms with E-state index >= 15 is 0 Å². The molecule has 1 fully saturated rings. The Hall–Kier alpha value is -9.23. The molecular weight excluding hydrogens is 1510 g/mol. The number of likely N-dealkylation sites (tertiary alicyclic amines) is 1. The van der Waals surface area contributed by atoms with Crippen LogP contribution in [0.2, 0.25) is 10.0 Å². The number of amides is 2. The minimum Gasteiger partial charge on any atom is -0.370 e. The minimum absolute atomic E-state index is 0.0394. The largest absolute Gasteiger partial charge is 0.370 e. The van der Waals surface area contributed by atoms with Gasteiger partial charge in [0.25, 0.3) is 22.2 Å². The first-order chi connectivity index (χ1) is 51.4. The van der Waals surface area contributed by atoms with Crippen LogP contribution in [-0.2, 0) is 30.0 Å². The number of benzene rings is 5. The number of imide groups is 1. The lowest BCUT2D eigenvalue weighted by molar-refractivity contribution is -0.143. The molecule has 1 saturated heterocycles. The van der Waals surface area contributed by atoms with Gasteiger partial charge in [-0.3, -0.25) is 48.3 Å². The smallest absolute Gasteiger partial charge is 0.356 e. The predicted molar refractivity (Wildman–Crippen MR) is 453 cm³/mol. The van der Waals surface area contributed by atoms with E-state index in [0.29, 0.717) is 33.3 Å². The van der Waals surface area contributed by atoms with Crippen molar-refractivity contribution >= 4 is 129 Å². The fourth-order valence-electron chi connectivity index (χ4n) is 9.01. The zero-order chi connectivity index (χ0) is 84.2. The van der Waals surface area contributed by atoms with E-state index in [9.17, 15) is 42.0 Å². The highest BCUT2D eigenvalue weighted by Crippen LogP contribution is 2.35. The summed E-state index contributed by atoms with van der Waals surface area (Å²) in [5.74, 6) is 6.56. The Morgan fingerprint density at radius 1 is 0.550 bits per heavy atom. The van der Waals surface area contributed by atoms with Crippen molar-refractivity contribution in [1.29, 1.82) is 0 Å². The summed E-state index contributed by atoms with van der Waals surface area (Å²) in [5, 5.41) is 9.55. The lowest BCUT2D eigenvalue weighted by Gasteiger charge is -2.29. The Labute approximate surface area is 668 Å². The molecule has 12 aromatic rings. The third-order valence-corrected chi connectivity index (χ3v) is 17.5. The van der Waals surface area contributed by atoms with Gasteiger partial charge in [-0.25, -0.2) is 47.8 Å². The van der Waals surface area contributed by atoms with Gasteiger partial charge < -0.3 is 19.8 Å². The zero-order valence-electron chi connectivity index (χ0n) is 68.1. The second-order valence-corrected chi connectivity index (χ2v) is 38.0. The van der Waals surface area contributed by atoms with E-state index in [1.807, 2.05) is 71.9 Å². The van der Waals surface area contributed by atoms with Gasteiger partial charge in [-0.15, -0.1) is 0 Å². The second-order valence-electron chi connectivity index (χ2n) is 31.9. The standard InChI is InChI=1S/C14H12N2O4.C11H12Cl2N2S.C10H15NO2S.C9H12N4S.C8H13NO2.C7H6N2.C7H7NO2.3C4H10.C2H3N3/c1-14(2,3)16-12(19)8-4-6-7(5-9(8)13(16)20)11(18)15-10(6)17;1-11(2,3)16-10-14-8-4-6(12)7(13)5-9(8)15-10;1-10(2,3)11-14(12,13)9-7-5-4-6-8-9;1-9(2,3)14-8-6-7(11-4-10-6)12-5-13-8;1-8(2,3)9-6(10)4-5-7(9)11;1-2-4-7-6(3-1)8-5-9-7;8-10-7(9)6-4-2-1-3-5-6;3*1-4(2)3;1-3-2-5-4-1/h4-5H,1-3H3,(H,15,17,18);4-5H,1-3H3,(H,14,15);4-8,11H,1-3H3;4-5H,1-3H3,(H,10,11,12,13);4-5H2,1-3H3;1-5H,(H,8,9);1-5H,8H2;3*4H,1-3H3;1-2H,(H,3,4,5). The number of fused-ring (bicyclic) bond motifs is 5. The zero-order valence-corrected chi connectivity index (χ0v) is 72.1. The van der Waals surface area contributed by atoms with Crippen LogP contribution < -0.4 is 32.9 Å². The topological polar surface area (TPSA) is 378 Å². The maximum Gasteiger partial charge on any atom is 0.356 e. The Balaban J connectivity index is 0.000000327. The molecule has 26 nitrogen and oxygen atoms in total. The van der Waals surface area contributed by atoms with Gasteiger partial charge in [-0.05, 0) is 141 Å². The molecule has 8 heterocycles. The quantitative estimate of drug-likeness (QED) is 0.0364. The van der Waals surface area contributed by atoms with Crippen LogP contribution in [0.15, 0.2) is 175 Å². The van der Waals surface area contributed by atoms with Crippen molar-refractivity contribution in [1.82, 2.24) is 74.2 Å². The SMILES string of the molecule is CC(C)(C)N1C(=O)CCC1=O.CC(C)(C)NS(=O)(=O)c1ccccc1.CC(C)(C)Sc1nc2cc(Cl)c(Cl)cc2[nH]1.CC(C)(C)Sc1ncnc2nc[nH]c12.CC(C)(C)n1c(=O)c2cc3c(=O)[nH]c(=O)c3cc2c1=O.CC(C)C.CC(C)C.CC(C)C.NOC(=O)c1ccccc1.c1ccc2[nH]cnc2c1.c1nc[nH]n1. The van der Waals surface area contributed by atoms with E-state index in [1.54, 1.807) is 130 Å². The Morgan fingerprint density at radius 3 is 1.47 bits per heavy atom. The maximum absolute atomic E-state index is 12.3. The molecule has 0 unspecified atom stereocenters. The molecule has 0 radical (unpaired) electrons. The molecule has 111 heavy (non-hydrogen) atoms. The number of rotatable bonds is 5. The van der Waals surface area contributed by atoms with Crippen molar-refractivity contribution in [3.8, 4) is 0 Å². The minimum atomic E-state index is -3.37. The fraction of sp³-hybridized carbons (Fsp3) is 0.425. The highest BCUT2D eigenvalue weighted by molar-refractivity contribution is 8.00. The van der Waals surface area contributed by atoms with Crippen LogP contribution in [0.3, 0.4) is 0 Å². The number of nitrogens with two attached hydrogens (primary N) is 1. The van der Waals surface area contributed by atoms with E-state index in [-0.39, 0.29) is 48.4 Å². The molecule has 2 amide bonds. The molecule has 602 valence electrons. The van der Waals surface area contributed by atoms with Crippen molar-refractivity contribution in [2.75, 3.05) is 0 Å². The number of imidazole rings is 3. The summed E-state index contributed by atoms with van der Waals surface area (Å²) in [4.78, 5) is 122. The lowest BCUT2D eigenvalue weighted by Crippen LogP contribution is -2.44. The number of carbonyl (C=O) groups is 3. The molecule has 0 spiro atoms. The second kappa shape index (κ2) is 43.5. The molecule has 8 N–H and O–H groups in total. The highest BCUT2D eigenvalue weighted by atomic mass is 35.5. The third kappa shape index (κ3) is 34.1. The van der Waals surface area contributed by atoms with Gasteiger partial charge in [0.2, 0.25) is 21.8 Å². The first-order valence-corrected chi connectivity index (χ1v) is 39.6. The predicted octanol–water partition coefficient (Wildman–Crippen LogP) is 17.0. The maximum atomic E-state index is 12.3. The number of aromatic nitrogens is 13. The van der Waals surface area contributed by atoms with E-state index in [1.165, 1.54) is 29.7 Å². The molecular formula is C80H110Cl2N16O10S3. The molecule has 13 rings (SSSR count). The molecule has 1 aliphatic heterocycles.